The number of halogens is 2. The number of rotatable bonds is 7. The molecule has 0 fully saturated rings. The fraction of sp³-hybridized carbons (Fsp3) is 0.429. The van der Waals surface area contributed by atoms with Gasteiger partial charge in [0.1, 0.15) is 11.6 Å². The molecule has 5 nitrogen and oxygen atoms in total. The summed E-state index contributed by atoms with van der Waals surface area (Å²) in [6.07, 6.45) is -0.233. The lowest BCUT2D eigenvalue weighted by Gasteiger charge is -2.17. The van der Waals surface area contributed by atoms with Crippen LogP contribution in [0.4, 0.5) is 8.78 Å². The molecule has 0 heterocycles. The molecule has 116 valence electrons. The molecule has 0 saturated heterocycles. The van der Waals surface area contributed by atoms with E-state index in [9.17, 15) is 18.4 Å². The monoisotopic (exact) mass is 300 g/mol. The van der Waals surface area contributed by atoms with Crippen molar-refractivity contribution in [3.8, 4) is 0 Å². The maximum Gasteiger partial charge on any atom is 0.303 e. The van der Waals surface area contributed by atoms with Gasteiger partial charge in [-0.25, -0.2) is 8.78 Å². The zero-order valence-corrected chi connectivity index (χ0v) is 11.6. The van der Waals surface area contributed by atoms with Crippen LogP contribution in [0, 0.1) is 11.6 Å². The minimum absolute atomic E-state index is 0.00193. The Hall–Kier alpha value is -2.02. The van der Waals surface area contributed by atoms with Crippen LogP contribution in [-0.2, 0) is 16.0 Å². The highest BCUT2D eigenvalue weighted by atomic mass is 19.1. The van der Waals surface area contributed by atoms with Gasteiger partial charge in [-0.1, -0.05) is 6.07 Å². The van der Waals surface area contributed by atoms with E-state index in [0.29, 0.717) is 0 Å². The number of hydrogen-bond acceptors (Lipinski definition) is 3. The molecule has 0 aromatic heterocycles. The van der Waals surface area contributed by atoms with Crippen molar-refractivity contribution in [3.63, 3.8) is 0 Å². The second-order valence-electron chi connectivity index (χ2n) is 4.85. The molecule has 1 aromatic carbocycles. The molecular formula is C14H18F2N2O3. The largest absolute Gasteiger partial charge is 0.481 e. The first kappa shape index (κ1) is 17.0. The average Bonchev–Trinajstić information content (AvgIpc) is 2.40. The summed E-state index contributed by atoms with van der Waals surface area (Å²) < 4.78 is 26.9. The third kappa shape index (κ3) is 5.47. The number of carbonyl (C=O) groups excluding carboxylic acids is 1. The van der Waals surface area contributed by atoms with Crippen LogP contribution in [0.3, 0.4) is 0 Å². The molecule has 1 amide bonds. The first-order valence-corrected chi connectivity index (χ1v) is 6.52. The topological polar surface area (TPSA) is 92.4 Å². The van der Waals surface area contributed by atoms with Crippen molar-refractivity contribution in [2.75, 3.05) is 0 Å². The summed E-state index contributed by atoms with van der Waals surface area (Å²) in [6.45, 7) is 1.59. The van der Waals surface area contributed by atoms with Crippen LogP contribution in [0.25, 0.3) is 0 Å². The number of nitrogens with two attached hydrogens (primary N) is 1. The minimum atomic E-state index is -1.04. The van der Waals surface area contributed by atoms with Gasteiger partial charge in [0, 0.05) is 18.0 Å². The van der Waals surface area contributed by atoms with E-state index >= 15 is 0 Å². The van der Waals surface area contributed by atoms with Crippen LogP contribution in [0.2, 0.25) is 0 Å². The number of benzene rings is 1. The Labute approximate surface area is 121 Å². The normalized spacial score (nSPS) is 13.5. The van der Waals surface area contributed by atoms with Crippen LogP contribution in [0.15, 0.2) is 18.2 Å². The number of hydrogen-bond donors (Lipinski definition) is 3. The van der Waals surface area contributed by atoms with Crippen LogP contribution in [-0.4, -0.2) is 29.1 Å². The Bertz CT molecular complexity index is 503. The molecule has 0 aliphatic rings. The maximum absolute atomic E-state index is 13.5. The molecule has 1 aromatic rings. The van der Waals surface area contributed by atoms with Crippen molar-refractivity contribution in [2.24, 2.45) is 5.73 Å². The lowest BCUT2D eigenvalue weighted by Crippen LogP contribution is -2.45. The second-order valence-corrected chi connectivity index (χ2v) is 4.85. The van der Waals surface area contributed by atoms with Gasteiger partial charge in [-0.3, -0.25) is 9.59 Å². The predicted molar refractivity (Wildman–Crippen MR) is 72.5 cm³/mol. The highest BCUT2D eigenvalue weighted by Gasteiger charge is 2.19. The highest BCUT2D eigenvalue weighted by molar-refractivity contribution is 5.82. The average molecular weight is 300 g/mol. The van der Waals surface area contributed by atoms with E-state index < -0.39 is 35.6 Å². The van der Waals surface area contributed by atoms with Crippen LogP contribution in [0.1, 0.15) is 25.3 Å². The molecule has 0 aliphatic heterocycles. The first-order valence-electron chi connectivity index (χ1n) is 6.52. The molecule has 0 spiro atoms. The van der Waals surface area contributed by atoms with Crippen molar-refractivity contribution in [1.29, 1.82) is 0 Å². The van der Waals surface area contributed by atoms with Gasteiger partial charge in [-0.15, -0.1) is 0 Å². The Morgan fingerprint density at radius 2 is 1.90 bits per heavy atom. The Morgan fingerprint density at radius 1 is 1.33 bits per heavy atom. The van der Waals surface area contributed by atoms with E-state index in [-0.39, 0.29) is 24.8 Å². The van der Waals surface area contributed by atoms with Gasteiger partial charge in [-0.05, 0) is 31.9 Å². The smallest absolute Gasteiger partial charge is 0.303 e. The zero-order chi connectivity index (χ0) is 16.0. The summed E-state index contributed by atoms with van der Waals surface area (Å²) in [5, 5.41) is 11.0. The number of carboxylic acids is 1. The first-order chi connectivity index (χ1) is 9.81. The molecular weight excluding hydrogens is 282 g/mol. The number of carboxylic acid groups (broad SMARTS) is 1. The van der Waals surface area contributed by atoms with Gasteiger partial charge in [0.05, 0.1) is 6.04 Å². The van der Waals surface area contributed by atoms with Crippen molar-refractivity contribution in [1.82, 2.24) is 5.32 Å². The van der Waals surface area contributed by atoms with Gasteiger partial charge in [-0.2, -0.15) is 0 Å². The summed E-state index contributed by atoms with van der Waals surface area (Å²) in [5.41, 5.74) is 5.44. The molecule has 4 N–H and O–H groups in total. The highest BCUT2D eigenvalue weighted by Crippen LogP contribution is 2.14. The van der Waals surface area contributed by atoms with Crippen LogP contribution < -0.4 is 11.1 Å². The summed E-state index contributed by atoms with van der Waals surface area (Å²) in [7, 11) is 0. The van der Waals surface area contributed by atoms with Gasteiger partial charge < -0.3 is 16.2 Å². The van der Waals surface area contributed by atoms with E-state index in [1.165, 1.54) is 6.07 Å². The quantitative estimate of drug-likeness (QED) is 0.705. The molecule has 21 heavy (non-hydrogen) atoms. The molecule has 2 atom stereocenters. The Balaban J connectivity index is 2.55. The number of amides is 1. The minimum Gasteiger partial charge on any atom is -0.481 e. The van der Waals surface area contributed by atoms with Crippen LogP contribution >= 0.6 is 0 Å². The third-order valence-electron chi connectivity index (χ3n) is 2.97. The van der Waals surface area contributed by atoms with E-state index in [0.717, 1.165) is 12.1 Å². The predicted octanol–water partition coefficient (Wildman–Crippen LogP) is 1.20. The SMILES string of the molecule is CC(Cc1c(F)cccc1F)NC(=O)C(N)CCC(=O)O. The number of aliphatic carboxylic acids is 1. The Kier molecular flexibility index (Phi) is 6.23. The lowest BCUT2D eigenvalue weighted by atomic mass is 10.0. The van der Waals surface area contributed by atoms with Crippen molar-refractivity contribution in [2.45, 2.75) is 38.3 Å². The zero-order valence-electron chi connectivity index (χ0n) is 11.6. The summed E-state index contributed by atoms with van der Waals surface area (Å²) in [4.78, 5) is 22.1. The van der Waals surface area contributed by atoms with E-state index in [1.54, 1.807) is 6.92 Å². The van der Waals surface area contributed by atoms with Gasteiger partial charge in [0.25, 0.3) is 0 Å². The summed E-state index contributed by atoms with van der Waals surface area (Å²) in [5.74, 6) is -2.93. The fourth-order valence-electron chi connectivity index (χ4n) is 1.84. The Morgan fingerprint density at radius 3 is 2.43 bits per heavy atom. The molecule has 7 heteroatoms. The lowest BCUT2D eigenvalue weighted by molar-refractivity contribution is -0.137. The molecule has 0 bridgehead atoms. The fourth-order valence-corrected chi connectivity index (χ4v) is 1.84. The van der Waals surface area contributed by atoms with Gasteiger partial charge in [0.2, 0.25) is 5.91 Å². The number of nitrogens with one attached hydrogen (secondary N) is 1. The van der Waals surface area contributed by atoms with E-state index in [4.69, 9.17) is 10.8 Å². The summed E-state index contributed by atoms with van der Waals surface area (Å²) in [6, 6.07) is 2.06. The maximum atomic E-state index is 13.5. The summed E-state index contributed by atoms with van der Waals surface area (Å²) >= 11 is 0. The van der Waals surface area contributed by atoms with Crippen molar-refractivity contribution >= 4 is 11.9 Å². The van der Waals surface area contributed by atoms with Crippen molar-refractivity contribution in [3.05, 3.63) is 35.4 Å². The van der Waals surface area contributed by atoms with Crippen LogP contribution in [0.5, 0.6) is 0 Å². The van der Waals surface area contributed by atoms with E-state index in [1.807, 2.05) is 0 Å². The molecule has 0 radical (unpaired) electrons. The number of carbonyl (C=O) groups is 2. The van der Waals surface area contributed by atoms with Crippen molar-refractivity contribution < 1.29 is 23.5 Å². The standard InChI is InChI=1S/C14H18F2N2O3/c1-8(7-9-10(15)3-2-4-11(9)16)18-14(21)12(17)5-6-13(19)20/h2-4,8,12H,5-7,17H2,1H3,(H,18,21)(H,19,20). The molecule has 0 saturated carbocycles. The van der Waals surface area contributed by atoms with Gasteiger partial charge >= 0.3 is 5.97 Å². The molecule has 1 rings (SSSR count). The third-order valence-corrected chi connectivity index (χ3v) is 2.97. The molecule has 0 aliphatic carbocycles. The second kappa shape index (κ2) is 7.68. The van der Waals surface area contributed by atoms with Gasteiger partial charge in [0.15, 0.2) is 0 Å². The molecule has 2 unspecified atom stereocenters. The van der Waals surface area contributed by atoms with E-state index in [2.05, 4.69) is 5.32 Å².